The van der Waals surface area contributed by atoms with Crippen molar-refractivity contribution in [2.45, 2.75) is 65.0 Å². The molecule has 0 unspecified atom stereocenters. The van der Waals surface area contributed by atoms with Crippen LogP contribution in [0.25, 0.3) is 5.57 Å². The normalized spacial score (nSPS) is 24.5. The highest BCUT2D eigenvalue weighted by Gasteiger charge is 2.55. The summed E-state index contributed by atoms with van der Waals surface area (Å²) >= 11 is 0. The molecule has 6 nitrogen and oxygen atoms in total. The first-order valence-electron chi connectivity index (χ1n) is 10.3. The average molecular weight is 402 g/mol. The predicted molar refractivity (Wildman–Crippen MR) is 110 cm³/mol. The fraction of sp³-hybridized carbons (Fsp3) is 0.565. The van der Waals surface area contributed by atoms with Crippen molar-refractivity contribution >= 4 is 17.4 Å². The Morgan fingerprint density at radius 2 is 1.83 bits per heavy atom. The predicted octanol–water partition coefficient (Wildman–Crippen LogP) is 3.74. The van der Waals surface area contributed by atoms with E-state index in [1.54, 1.807) is 12.0 Å². The zero-order valence-electron chi connectivity index (χ0n) is 18.0. The van der Waals surface area contributed by atoms with Crippen LogP contribution in [0.3, 0.4) is 0 Å². The smallest absolute Gasteiger partial charge is 0.307 e. The topological polar surface area (TPSA) is 65.1 Å². The van der Waals surface area contributed by atoms with Crippen LogP contribution >= 0.6 is 0 Å². The summed E-state index contributed by atoms with van der Waals surface area (Å²) in [6.45, 7) is 7.93. The van der Waals surface area contributed by atoms with E-state index in [2.05, 4.69) is 0 Å². The molecule has 1 spiro atoms. The number of carbonyl (C=O) groups excluding carboxylic acids is 2. The van der Waals surface area contributed by atoms with Crippen molar-refractivity contribution in [3.8, 4) is 0 Å². The number of esters is 1. The number of benzene rings is 1. The summed E-state index contributed by atoms with van der Waals surface area (Å²) in [5.74, 6) is -0.0762. The van der Waals surface area contributed by atoms with Crippen LogP contribution in [0.5, 0.6) is 0 Å². The number of rotatable bonds is 6. The highest BCUT2D eigenvalue weighted by Crippen LogP contribution is 2.50. The number of methoxy groups -OCH3 is 1. The second-order valence-electron chi connectivity index (χ2n) is 7.89. The molecule has 3 rings (SSSR count). The van der Waals surface area contributed by atoms with Crippen LogP contribution < -0.4 is 0 Å². The molecule has 1 aliphatic carbocycles. The lowest BCUT2D eigenvalue weighted by Crippen LogP contribution is -2.52. The highest BCUT2D eigenvalue weighted by molar-refractivity contribution is 6.24. The molecule has 1 heterocycles. The lowest BCUT2D eigenvalue weighted by Gasteiger charge is -2.43. The van der Waals surface area contributed by atoms with Gasteiger partial charge >= 0.3 is 5.97 Å². The van der Waals surface area contributed by atoms with Crippen LogP contribution in [-0.2, 0) is 23.8 Å². The molecule has 158 valence electrons. The van der Waals surface area contributed by atoms with E-state index in [-0.39, 0.29) is 18.7 Å². The number of nitrogens with zero attached hydrogens (tertiary/aromatic N) is 1. The highest BCUT2D eigenvalue weighted by atomic mass is 16.5. The van der Waals surface area contributed by atoms with E-state index in [4.69, 9.17) is 14.2 Å². The summed E-state index contributed by atoms with van der Waals surface area (Å²) in [6.07, 6.45) is 3.06. The monoisotopic (exact) mass is 401 g/mol. The Hall–Kier alpha value is -2.18. The molecule has 0 aromatic heterocycles. The van der Waals surface area contributed by atoms with Gasteiger partial charge in [-0.15, -0.1) is 0 Å². The standard InChI is InChI=1S/C23H31NO5/c1-6-28-14-24-22(26)20(19-15(2)8-7-9-16(19)3)21(29-17(4)25)23(24)12-10-18(27-5)11-13-23/h7-9,18H,6,10-14H2,1-5H3. The van der Waals surface area contributed by atoms with Gasteiger partial charge < -0.3 is 19.1 Å². The maximum absolute atomic E-state index is 13.7. The third-order valence-corrected chi connectivity index (χ3v) is 6.12. The second-order valence-corrected chi connectivity index (χ2v) is 7.89. The van der Waals surface area contributed by atoms with E-state index in [1.165, 1.54) is 6.92 Å². The molecule has 0 N–H and O–H groups in total. The molecule has 1 aromatic rings. The number of amides is 1. The van der Waals surface area contributed by atoms with Crippen LogP contribution in [0, 0.1) is 13.8 Å². The molecule has 1 fully saturated rings. The second kappa shape index (κ2) is 8.67. The fourth-order valence-corrected chi connectivity index (χ4v) is 4.67. The molecule has 29 heavy (non-hydrogen) atoms. The summed E-state index contributed by atoms with van der Waals surface area (Å²) in [4.78, 5) is 27.5. The Labute approximate surface area is 172 Å². The van der Waals surface area contributed by atoms with E-state index < -0.39 is 11.5 Å². The Kier molecular flexibility index (Phi) is 6.44. The third-order valence-electron chi connectivity index (χ3n) is 6.12. The van der Waals surface area contributed by atoms with Gasteiger partial charge in [0.1, 0.15) is 18.0 Å². The SMILES string of the molecule is CCOCN1C(=O)C(c2c(C)cccc2C)=C(OC(C)=O)C12CCC(OC)CC2. The first-order valence-corrected chi connectivity index (χ1v) is 10.3. The van der Waals surface area contributed by atoms with E-state index in [0.717, 1.165) is 29.5 Å². The Morgan fingerprint density at radius 1 is 1.21 bits per heavy atom. The third kappa shape index (κ3) is 3.83. The lowest BCUT2D eigenvalue weighted by molar-refractivity contribution is -0.146. The van der Waals surface area contributed by atoms with Gasteiger partial charge in [0.05, 0.1) is 11.7 Å². The van der Waals surface area contributed by atoms with E-state index in [9.17, 15) is 9.59 Å². The molecule has 0 bridgehead atoms. The average Bonchev–Trinajstić information content (AvgIpc) is 2.89. The minimum Gasteiger partial charge on any atom is -0.428 e. The van der Waals surface area contributed by atoms with E-state index in [0.29, 0.717) is 30.8 Å². The molecular weight excluding hydrogens is 370 g/mol. The van der Waals surface area contributed by atoms with Gasteiger partial charge in [-0.2, -0.15) is 0 Å². The van der Waals surface area contributed by atoms with Crippen LogP contribution in [-0.4, -0.2) is 48.9 Å². The fourth-order valence-electron chi connectivity index (χ4n) is 4.67. The first kappa shape index (κ1) is 21.5. The Bertz CT molecular complexity index is 800. The zero-order chi connectivity index (χ0) is 21.2. The van der Waals surface area contributed by atoms with Crippen molar-refractivity contribution in [3.63, 3.8) is 0 Å². The van der Waals surface area contributed by atoms with Gasteiger partial charge in [-0.1, -0.05) is 18.2 Å². The molecule has 1 saturated carbocycles. The van der Waals surface area contributed by atoms with Crippen LogP contribution in [0.1, 0.15) is 56.2 Å². The molecule has 1 aromatic carbocycles. The maximum Gasteiger partial charge on any atom is 0.307 e. The quantitative estimate of drug-likeness (QED) is 0.680. The number of ether oxygens (including phenoxy) is 3. The van der Waals surface area contributed by atoms with Gasteiger partial charge in [0.2, 0.25) is 0 Å². The summed E-state index contributed by atoms with van der Waals surface area (Å²) in [5.41, 5.74) is 2.62. The zero-order valence-corrected chi connectivity index (χ0v) is 18.0. The molecule has 0 atom stereocenters. The van der Waals surface area contributed by atoms with Crippen LogP contribution in [0.15, 0.2) is 24.0 Å². The van der Waals surface area contributed by atoms with Crippen molar-refractivity contribution in [1.29, 1.82) is 0 Å². The van der Waals surface area contributed by atoms with Gasteiger partial charge in [-0.05, 0) is 63.1 Å². The van der Waals surface area contributed by atoms with Crippen LogP contribution in [0.2, 0.25) is 0 Å². The summed E-state index contributed by atoms with van der Waals surface area (Å²) in [5, 5.41) is 0. The number of hydrogen-bond donors (Lipinski definition) is 0. The Balaban J connectivity index is 2.19. The van der Waals surface area contributed by atoms with Crippen molar-refractivity contribution < 1.29 is 23.8 Å². The van der Waals surface area contributed by atoms with Gasteiger partial charge in [-0.25, -0.2) is 0 Å². The van der Waals surface area contributed by atoms with Crippen molar-refractivity contribution in [2.75, 3.05) is 20.4 Å². The van der Waals surface area contributed by atoms with Gasteiger partial charge in [0.15, 0.2) is 0 Å². The molecule has 6 heteroatoms. The van der Waals surface area contributed by atoms with Crippen molar-refractivity contribution in [3.05, 3.63) is 40.6 Å². The van der Waals surface area contributed by atoms with E-state index >= 15 is 0 Å². The van der Waals surface area contributed by atoms with Crippen molar-refractivity contribution in [2.24, 2.45) is 0 Å². The molecule has 0 radical (unpaired) electrons. The van der Waals surface area contributed by atoms with Gasteiger partial charge in [0.25, 0.3) is 5.91 Å². The number of hydrogen-bond acceptors (Lipinski definition) is 5. The molecule has 2 aliphatic rings. The molecular formula is C23H31NO5. The summed E-state index contributed by atoms with van der Waals surface area (Å²) in [7, 11) is 1.71. The van der Waals surface area contributed by atoms with Gasteiger partial charge in [-0.3, -0.25) is 9.59 Å². The van der Waals surface area contributed by atoms with E-state index in [1.807, 2.05) is 39.0 Å². The molecule has 1 amide bonds. The maximum atomic E-state index is 13.7. The molecule has 1 aliphatic heterocycles. The van der Waals surface area contributed by atoms with Gasteiger partial charge in [0, 0.05) is 20.6 Å². The first-order chi connectivity index (χ1) is 13.9. The van der Waals surface area contributed by atoms with Crippen molar-refractivity contribution in [1.82, 2.24) is 4.90 Å². The summed E-state index contributed by atoms with van der Waals surface area (Å²) in [6, 6.07) is 5.93. The number of carbonyl (C=O) groups is 2. The minimum absolute atomic E-state index is 0.136. The van der Waals surface area contributed by atoms with Crippen LogP contribution in [0.4, 0.5) is 0 Å². The number of aryl methyl sites for hydroxylation is 2. The Morgan fingerprint density at radius 3 is 2.34 bits per heavy atom. The molecule has 0 saturated heterocycles. The largest absolute Gasteiger partial charge is 0.428 e. The minimum atomic E-state index is -0.684. The summed E-state index contributed by atoms with van der Waals surface area (Å²) < 4.78 is 17.0. The lowest BCUT2D eigenvalue weighted by atomic mass is 9.78.